The number of aliphatic hydroxyl groups is 2. The Morgan fingerprint density at radius 3 is 0.651 bits per heavy atom. The Hall–Kier alpha value is -5.35. The molecule has 0 saturated heterocycles. The van der Waals surface area contributed by atoms with Crippen LogP contribution in [0.15, 0.2) is 182 Å². The number of ether oxygens (including phenoxy) is 3. The molecule has 740 valence electrons. The number of aliphatic hydroxyl groups excluding tert-OH is 2. The SMILES string of the molecule is CC/C=C\C/C=C\C/C=C\C/C=C\C/C=C\C/C=C\CCCCCCCCCCCCCCCCC(=O)OCC(COP(=O)(O)OCC(O)COP(=O)(O)OCC(O)COC(=O)CCCCCCCCCCCCCCCCCCCCC/C=C\C/C=C\C/C=C\C/C=C\CCCCC)OC(=O)CCCCCCCCCCC/C=C\C/C=C\C/C=C\C/C=C\C/C=C\CC. The molecular formula is C111H190O16P2. The zero-order valence-corrected chi connectivity index (χ0v) is 83.8. The van der Waals surface area contributed by atoms with Gasteiger partial charge in [0.2, 0.25) is 0 Å². The molecule has 18 heteroatoms. The maximum atomic E-state index is 13.1. The van der Waals surface area contributed by atoms with E-state index in [9.17, 15) is 43.5 Å². The second kappa shape index (κ2) is 102. The molecule has 0 heterocycles. The van der Waals surface area contributed by atoms with E-state index in [-0.39, 0.29) is 19.3 Å². The molecule has 0 fully saturated rings. The van der Waals surface area contributed by atoms with Gasteiger partial charge >= 0.3 is 33.6 Å². The van der Waals surface area contributed by atoms with Gasteiger partial charge in [-0.1, -0.05) is 447 Å². The largest absolute Gasteiger partial charge is 0.472 e. The van der Waals surface area contributed by atoms with Crippen LogP contribution in [0.4, 0.5) is 0 Å². The molecule has 0 spiro atoms. The Bertz CT molecular complexity index is 3080. The number of carbonyl (C=O) groups excluding carboxylic acids is 3. The van der Waals surface area contributed by atoms with Crippen molar-refractivity contribution in [1.82, 2.24) is 0 Å². The number of esters is 3. The molecular weight excluding hydrogens is 1650 g/mol. The van der Waals surface area contributed by atoms with Gasteiger partial charge in [0.15, 0.2) is 6.10 Å². The van der Waals surface area contributed by atoms with Crippen molar-refractivity contribution in [2.45, 2.75) is 463 Å². The number of carbonyl (C=O) groups is 3. The molecule has 0 aromatic rings. The molecule has 5 atom stereocenters. The summed E-state index contributed by atoms with van der Waals surface area (Å²) in [4.78, 5) is 59.2. The number of allylic oxidation sites excluding steroid dienone is 30. The second-order valence-electron chi connectivity index (χ2n) is 34.6. The molecule has 0 saturated carbocycles. The van der Waals surface area contributed by atoms with Gasteiger partial charge in [-0.3, -0.25) is 32.5 Å². The molecule has 0 amide bonds. The van der Waals surface area contributed by atoms with Crippen molar-refractivity contribution in [2.24, 2.45) is 0 Å². The number of unbranched alkanes of at least 4 members (excludes halogenated alkanes) is 45. The molecule has 0 bridgehead atoms. The Labute approximate surface area is 789 Å². The monoisotopic (exact) mass is 1840 g/mol. The number of hydrogen-bond acceptors (Lipinski definition) is 14. The first-order valence-corrected chi connectivity index (χ1v) is 55.1. The minimum Gasteiger partial charge on any atom is -0.463 e. The fourth-order valence-corrected chi connectivity index (χ4v) is 15.9. The van der Waals surface area contributed by atoms with Gasteiger partial charge in [0.25, 0.3) is 0 Å². The molecule has 0 aliphatic carbocycles. The first kappa shape index (κ1) is 124. The van der Waals surface area contributed by atoms with E-state index in [1.165, 1.54) is 212 Å². The lowest BCUT2D eigenvalue weighted by atomic mass is 10.0. The van der Waals surface area contributed by atoms with E-state index in [1.54, 1.807) is 0 Å². The Kier molecular flexibility index (Phi) is 97.4. The average molecular weight is 1840 g/mol. The maximum absolute atomic E-state index is 13.1. The summed E-state index contributed by atoms with van der Waals surface area (Å²) in [5, 5.41) is 20.8. The van der Waals surface area contributed by atoms with Crippen LogP contribution >= 0.6 is 15.6 Å². The zero-order chi connectivity index (χ0) is 93.5. The van der Waals surface area contributed by atoms with E-state index < -0.39 is 91.5 Å². The standard InChI is InChI=1S/C111H190O16P2/c1-4-7-10-13-16-19-22-25-28-31-34-37-40-43-45-47-49-51-52-54-56-57-59-62-64-67-70-73-76-79-82-85-88-91-94-97-109(114)121-100-106(112)101-123-128(117,118)124-102-107(113)103-125-129(119,120)126-105-108(127-111(116)99-96-93-90-87-84-81-78-75-72-69-66-61-42-39-36-33-30-27-24-21-18-15-12-9-6-3)104-122-110(115)98-95-92-89-86-83-80-77-74-71-68-65-63-60-58-55-53-50-48-46-44-41-38-35-32-29-26-23-20-17-14-11-8-5-2/h8-9,11-12,16-21,25-30,34-39,43-46,50,53,61,66,106-108,112-113H,4-7,10,13-15,22-24,31-33,40-42,47-49,51-52,54-60,62-65,67-105H2,1-3H3,(H,117,118)(H,119,120)/b11-8-,12-9-,19-16-,20-17-,21-18-,28-25-,29-26-,30-27-,37-34-,38-35-,39-36-,45-43-,46-44-,53-50-,66-61-. The Morgan fingerprint density at radius 1 is 0.225 bits per heavy atom. The molecule has 0 aromatic carbocycles. The molecule has 16 nitrogen and oxygen atoms in total. The van der Waals surface area contributed by atoms with Crippen LogP contribution in [0.1, 0.15) is 445 Å². The second-order valence-corrected chi connectivity index (χ2v) is 37.5. The van der Waals surface area contributed by atoms with Crippen LogP contribution in [0.25, 0.3) is 0 Å². The number of phosphoric ester groups is 2. The minimum absolute atomic E-state index is 0.0930. The zero-order valence-electron chi connectivity index (χ0n) is 82.0. The van der Waals surface area contributed by atoms with Gasteiger partial charge in [-0.2, -0.15) is 0 Å². The summed E-state index contributed by atoms with van der Waals surface area (Å²) in [6.45, 7) is 2.49. The molecule has 0 rings (SSSR count). The van der Waals surface area contributed by atoms with Gasteiger partial charge in [0.05, 0.1) is 26.4 Å². The first-order valence-electron chi connectivity index (χ1n) is 52.1. The number of rotatable bonds is 98. The average Bonchev–Trinajstić information content (AvgIpc) is 0.898. The van der Waals surface area contributed by atoms with Gasteiger partial charge in [-0.05, 0) is 161 Å². The summed E-state index contributed by atoms with van der Waals surface area (Å²) in [5.41, 5.74) is 0. The Morgan fingerprint density at radius 2 is 0.411 bits per heavy atom. The summed E-state index contributed by atoms with van der Waals surface area (Å²) in [6, 6.07) is 0. The first-order chi connectivity index (χ1) is 63.2. The fraction of sp³-hybridized carbons (Fsp3) is 0.703. The third kappa shape index (κ3) is 103. The summed E-state index contributed by atoms with van der Waals surface area (Å²) < 4.78 is 61.7. The van der Waals surface area contributed by atoms with E-state index in [1.807, 2.05) is 0 Å². The topological polar surface area (TPSA) is 231 Å². The highest BCUT2D eigenvalue weighted by molar-refractivity contribution is 7.47. The highest BCUT2D eigenvalue weighted by Crippen LogP contribution is 2.45. The predicted octanol–water partition coefficient (Wildman–Crippen LogP) is 33.1. The molecule has 0 aliphatic rings. The molecule has 0 aliphatic heterocycles. The highest BCUT2D eigenvalue weighted by Gasteiger charge is 2.30. The normalized spacial score (nSPS) is 14.4. The van der Waals surface area contributed by atoms with Gasteiger partial charge < -0.3 is 34.2 Å². The van der Waals surface area contributed by atoms with Gasteiger partial charge in [0, 0.05) is 19.3 Å². The maximum Gasteiger partial charge on any atom is 0.472 e. The van der Waals surface area contributed by atoms with Crippen LogP contribution in [0.5, 0.6) is 0 Å². The summed E-state index contributed by atoms with van der Waals surface area (Å²) in [5.74, 6) is -1.57. The van der Waals surface area contributed by atoms with E-state index in [0.717, 1.165) is 173 Å². The lowest BCUT2D eigenvalue weighted by Gasteiger charge is -2.21. The van der Waals surface area contributed by atoms with Gasteiger partial charge in [0.1, 0.15) is 25.4 Å². The molecule has 4 N–H and O–H groups in total. The molecule has 0 radical (unpaired) electrons. The summed E-state index contributed by atoms with van der Waals surface area (Å²) in [7, 11) is -9.82. The van der Waals surface area contributed by atoms with Crippen molar-refractivity contribution in [2.75, 3.05) is 39.6 Å². The van der Waals surface area contributed by atoms with Crippen molar-refractivity contribution >= 4 is 33.6 Å². The lowest BCUT2D eigenvalue weighted by Crippen LogP contribution is -2.30. The van der Waals surface area contributed by atoms with Crippen LogP contribution in [-0.2, 0) is 55.8 Å². The van der Waals surface area contributed by atoms with Crippen molar-refractivity contribution in [1.29, 1.82) is 0 Å². The lowest BCUT2D eigenvalue weighted by molar-refractivity contribution is -0.161. The van der Waals surface area contributed by atoms with Crippen molar-refractivity contribution in [3.05, 3.63) is 182 Å². The molecule has 0 aromatic heterocycles. The smallest absolute Gasteiger partial charge is 0.463 e. The third-order valence-corrected chi connectivity index (χ3v) is 24.0. The number of phosphoric acid groups is 2. The van der Waals surface area contributed by atoms with Crippen molar-refractivity contribution in [3.63, 3.8) is 0 Å². The summed E-state index contributed by atoms with van der Waals surface area (Å²) >= 11 is 0. The van der Waals surface area contributed by atoms with Crippen LogP contribution in [0, 0.1) is 0 Å². The Balaban J connectivity index is 4.57. The van der Waals surface area contributed by atoms with E-state index in [4.69, 9.17) is 32.3 Å². The quantitative estimate of drug-likeness (QED) is 0.0146. The van der Waals surface area contributed by atoms with Crippen LogP contribution in [-0.4, -0.2) is 95.9 Å². The third-order valence-electron chi connectivity index (χ3n) is 22.1. The van der Waals surface area contributed by atoms with E-state index in [2.05, 4.69) is 203 Å². The van der Waals surface area contributed by atoms with Crippen LogP contribution in [0.3, 0.4) is 0 Å². The highest BCUT2D eigenvalue weighted by atomic mass is 31.2. The van der Waals surface area contributed by atoms with Crippen LogP contribution in [0.2, 0.25) is 0 Å². The summed E-state index contributed by atoms with van der Waals surface area (Å²) in [6.07, 6.45) is 135. The van der Waals surface area contributed by atoms with Crippen LogP contribution < -0.4 is 0 Å². The minimum atomic E-state index is -4.95. The van der Waals surface area contributed by atoms with Crippen molar-refractivity contribution < 1.29 is 75.8 Å². The number of hydrogen-bond donors (Lipinski definition) is 4. The van der Waals surface area contributed by atoms with Gasteiger partial charge in [-0.15, -0.1) is 0 Å². The molecule has 5 unspecified atom stereocenters. The van der Waals surface area contributed by atoms with Crippen molar-refractivity contribution in [3.8, 4) is 0 Å². The van der Waals surface area contributed by atoms with E-state index in [0.29, 0.717) is 19.3 Å². The van der Waals surface area contributed by atoms with Gasteiger partial charge in [-0.25, -0.2) is 9.13 Å². The molecule has 129 heavy (non-hydrogen) atoms. The predicted molar refractivity (Wildman–Crippen MR) is 546 cm³/mol. The fourth-order valence-electron chi connectivity index (χ4n) is 14.3. The van der Waals surface area contributed by atoms with E-state index >= 15 is 0 Å².